The van der Waals surface area contributed by atoms with Crippen LogP contribution in [0.15, 0.2) is 22.7 Å². The third kappa shape index (κ3) is 4.04. The van der Waals surface area contributed by atoms with Crippen LogP contribution in [0.5, 0.6) is 0 Å². The van der Waals surface area contributed by atoms with Crippen LogP contribution in [0.2, 0.25) is 0 Å². The predicted octanol–water partition coefficient (Wildman–Crippen LogP) is 3.16. The number of halogens is 2. The highest BCUT2D eigenvalue weighted by molar-refractivity contribution is 9.10. The molecule has 2 nitrogen and oxygen atoms in total. The molecule has 0 aliphatic carbocycles. The van der Waals surface area contributed by atoms with Crippen LogP contribution >= 0.6 is 15.9 Å². The Hall–Kier alpha value is -0.450. The minimum Gasteiger partial charge on any atom is -0.309 e. The molecule has 1 aliphatic heterocycles. The Kier molecular flexibility index (Phi) is 5.15. The Morgan fingerprint density at radius 3 is 2.78 bits per heavy atom. The molecule has 1 aromatic rings. The molecule has 1 saturated heterocycles. The summed E-state index contributed by atoms with van der Waals surface area (Å²) in [6, 6.07) is 5.64. The number of rotatable bonds is 5. The van der Waals surface area contributed by atoms with Crippen LogP contribution < -0.4 is 5.32 Å². The van der Waals surface area contributed by atoms with Crippen molar-refractivity contribution in [2.45, 2.75) is 32.4 Å². The van der Waals surface area contributed by atoms with E-state index in [9.17, 15) is 4.39 Å². The van der Waals surface area contributed by atoms with Gasteiger partial charge in [-0.3, -0.25) is 0 Å². The Morgan fingerprint density at radius 2 is 2.11 bits per heavy atom. The minimum absolute atomic E-state index is 0.205. The smallest absolute Gasteiger partial charge is 0.137 e. The van der Waals surface area contributed by atoms with Gasteiger partial charge in [0.2, 0.25) is 0 Å². The van der Waals surface area contributed by atoms with E-state index in [0.29, 0.717) is 10.5 Å². The van der Waals surface area contributed by atoms with Crippen LogP contribution in [-0.4, -0.2) is 30.6 Å². The third-order valence-electron chi connectivity index (χ3n) is 3.37. The van der Waals surface area contributed by atoms with Gasteiger partial charge in [0.25, 0.3) is 0 Å². The van der Waals surface area contributed by atoms with Gasteiger partial charge >= 0.3 is 0 Å². The lowest BCUT2D eigenvalue weighted by Crippen LogP contribution is -2.37. The summed E-state index contributed by atoms with van der Waals surface area (Å²) in [6.45, 7) is 6.55. The standard InChI is InChI=1S/C14H20BrFN2/c1-11(10-18-6-2-3-7-18)17-9-12-4-5-14(16)13(15)8-12/h4-5,8,11,17H,2-3,6-7,9-10H2,1H3. The average molecular weight is 315 g/mol. The van der Waals surface area contributed by atoms with Gasteiger partial charge in [0.15, 0.2) is 0 Å². The maximum absolute atomic E-state index is 13.1. The van der Waals surface area contributed by atoms with E-state index in [0.717, 1.165) is 18.7 Å². The molecule has 1 N–H and O–H groups in total. The van der Waals surface area contributed by atoms with Crippen LogP contribution in [0.25, 0.3) is 0 Å². The van der Waals surface area contributed by atoms with Crippen LogP contribution in [0, 0.1) is 5.82 Å². The summed E-state index contributed by atoms with van der Waals surface area (Å²) in [5.41, 5.74) is 1.11. The summed E-state index contributed by atoms with van der Waals surface area (Å²) >= 11 is 3.21. The van der Waals surface area contributed by atoms with Gasteiger partial charge < -0.3 is 10.2 Å². The highest BCUT2D eigenvalue weighted by Gasteiger charge is 2.14. The molecule has 0 aromatic heterocycles. The molecule has 0 spiro atoms. The van der Waals surface area contributed by atoms with Gasteiger partial charge in [0.1, 0.15) is 5.82 Å². The normalized spacial score (nSPS) is 18.2. The first-order valence-electron chi connectivity index (χ1n) is 6.55. The lowest BCUT2D eigenvalue weighted by Gasteiger charge is -2.21. The zero-order valence-corrected chi connectivity index (χ0v) is 12.3. The van der Waals surface area contributed by atoms with E-state index in [1.165, 1.54) is 32.0 Å². The molecule has 0 saturated carbocycles. The zero-order chi connectivity index (χ0) is 13.0. The fraction of sp³-hybridized carbons (Fsp3) is 0.571. The summed E-state index contributed by atoms with van der Waals surface area (Å²) in [5, 5.41) is 3.49. The van der Waals surface area contributed by atoms with Gasteiger partial charge in [-0.2, -0.15) is 0 Å². The van der Waals surface area contributed by atoms with E-state index < -0.39 is 0 Å². The van der Waals surface area contributed by atoms with Crippen LogP contribution in [0.3, 0.4) is 0 Å². The van der Waals surface area contributed by atoms with Crippen molar-refractivity contribution in [3.63, 3.8) is 0 Å². The molecule has 2 rings (SSSR count). The Morgan fingerprint density at radius 1 is 1.39 bits per heavy atom. The lowest BCUT2D eigenvalue weighted by atomic mass is 10.2. The second-order valence-electron chi connectivity index (χ2n) is 5.04. The average Bonchev–Trinajstić information content (AvgIpc) is 2.83. The third-order valence-corrected chi connectivity index (χ3v) is 3.98. The van der Waals surface area contributed by atoms with Crippen LogP contribution in [-0.2, 0) is 6.54 Å². The summed E-state index contributed by atoms with van der Waals surface area (Å²) in [6.07, 6.45) is 2.66. The van der Waals surface area contributed by atoms with Gasteiger partial charge in [-0.15, -0.1) is 0 Å². The van der Waals surface area contributed by atoms with E-state index in [4.69, 9.17) is 0 Å². The van der Waals surface area contributed by atoms with Crippen molar-refractivity contribution < 1.29 is 4.39 Å². The molecule has 1 heterocycles. The second-order valence-corrected chi connectivity index (χ2v) is 5.89. The van der Waals surface area contributed by atoms with Crippen molar-refractivity contribution >= 4 is 15.9 Å². The topological polar surface area (TPSA) is 15.3 Å². The quantitative estimate of drug-likeness (QED) is 0.898. The molecule has 1 fully saturated rings. The van der Waals surface area contributed by atoms with Gasteiger partial charge in [-0.25, -0.2) is 4.39 Å². The predicted molar refractivity (Wildman–Crippen MR) is 76.1 cm³/mol. The Bertz CT molecular complexity index is 391. The fourth-order valence-electron chi connectivity index (χ4n) is 2.36. The summed E-state index contributed by atoms with van der Waals surface area (Å²) in [5.74, 6) is -0.205. The number of likely N-dealkylation sites (tertiary alicyclic amines) is 1. The molecule has 0 bridgehead atoms. The summed E-state index contributed by atoms with van der Waals surface area (Å²) in [4.78, 5) is 2.50. The van der Waals surface area contributed by atoms with Crippen LogP contribution in [0.1, 0.15) is 25.3 Å². The highest BCUT2D eigenvalue weighted by atomic mass is 79.9. The van der Waals surface area contributed by atoms with Gasteiger partial charge in [-0.1, -0.05) is 6.07 Å². The molecule has 0 amide bonds. The molecule has 18 heavy (non-hydrogen) atoms. The van der Waals surface area contributed by atoms with E-state index in [1.807, 2.05) is 12.1 Å². The monoisotopic (exact) mass is 314 g/mol. The molecular formula is C14H20BrFN2. The number of nitrogens with one attached hydrogen (secondary N) is 1. The van der Waals surface area contributed by atoms with Crippen molar-refractivity contribution in [1.29, 1.82) is 0 Å². The molecule has 1 atom stereocenters. The molecule has 1 aromatic carbocycles. The summed E-state index contributed by atoms with van der Waals surface area (Å²) in [7, 11) is 0. The van der Waals surface area contributed by atoms with Gasteiger partial charge in [0.05, 0.1) is 4.47 Å². The second kappa shape index (κ2) is 6.64. The Labute approximate surface area is 117 Å². The van der Waals surface area contributed by atoms with E-state index in [1.54, 1.807) is 0 Å². The first-order valence-corrected chi connectivity index (χ1v) is 7.34. The molecule has 1 aliphatic rings. The first kappa shape index (κ1) is 14.0. The van der Waals surface area contributed by atoms with Crippen LogP contribution in [0.4, 0.5) is 4.39 Å². The SMILES string of the molecule is CC(CN1CCCC1)NCc1ccc(F)c(Br)c1. The van der Waals surface area contributed by atoms with Crippen molar-refractivity contribution in [1.82, 2.24) is 10.2 Å². The van der Waals surface area contributed by atoms with Gasteiger partial charge in [0, 0.05) is 19.1 Å². The van der Waals surface area contributed by atoms with E-state index >= 15 is 0 Å². The van der Waals surface area contributed by atoms with Crippen molar-refractivity contribution in [3.8, 4) is 0 Å². The minimum atomic E-state index is -0.205. The maximum Gasteiger partial charge on any atom is 0.137 e. The molecular weight excluding hydrogens is 295 g/mol. The first-order chi connectivity index (χ1) is 8.65. The fourth-order valence-corrected chi connectivity index (χ4v) is 2.78. The highest BCUT2D eigenvalue weighted by Crippen LogP contribution is 2.16. The van der Waals surface area contributed by atoms with Crippen molar-refractivity contribution in [2.75, 3.05) is 19.6 Å². The number of nitrogens with zero attached hydrogens (tertiary/aromatic N) is 1. The maximum atomic E-state index is 13.1. The largest absolute Gasteiger partial charge is 0.309 e. The molecule has 100 valence electrons. The number of hydrogen-bond donors (Lipinski definition) is 1. The van der Waals surface area contributed by atoms with Gasteiger partial charge in [-0.05, 0) is 66.5 Å². The molecule has 0 radical (unpaired) electrons. The van der Waals surface area contributed by atoms with E-state index in [2.05, 4.69) is 33.1 Å². The summed E-state index contributed by atoms with van der Waals surface area (Å²) < 4.78 is 13.6. The van der Waals surface area contributed by atoms with Crippen molar-refractivity contribution in [3.05, 3.63) is 34.1 Å². The molecule has 1 unspecified atom stereocenters. The lowest BCUT2D eigenvalue weighted by molar-refractivity contribution is 0.298. The van der Waals surface area contributed by atoms with E-state index in [-0.39, 0.29) is 5.82 Å². The Balaban J connectivity index is 1.77. The number of hydrogen-bond acceptors (Lipinski definition) is 2. The molecule has 4 heteroatoms. The number of benzene rings is 1. The zero-order valence-electron chi connectivity index (χ0n) is 10.8. The van der Waals surface area contributed by atoms with Crippen molar-refractivity contribution in [2.24, 2.45) is 0 Å².